The Labute approximate surface area is 150 Å². The van der Waals surface area contributed by atoms with Crippen LogP contribution in [-0.2, 0) is 4.74 Å². The van der Waals surface area contributed by atoms with Crippen LogP contribution in [0.15, 0.2) is 36.7 Å². The topological polar surface area (TPSA) is 79.5 Å². The molecule has 1 fully saturated rings. The molecule has 3 rings (SSSR count). The third-order valence-electron chi connectivity index (χ3n) is 3.44. The Morgan fingerprint density at radius 3 is 3.08 bits per heavy atom. The van der Waals surface area contributed by atoms with Gasteiger partial charge in [0.1, 0.15) is 18.5 Å². The molecule has 130 valence electrons. The van der Waals surface area contributed by atoms with Gasteiger partial charge in [0.05, 0.1) is 30.1 Å². The highest BCUT2D eigenvalue weighted by atomic mass is 35.5. The largest absolute Gasteiger partial charge is 0.489 e. The highest BCUT2D eigenvalue weighted by Gasteiger charge is 2.25. The van der Waals surface area contributed by atoms with Crippen molar-refractivity contribution in [2.75, 3.05) is 31.6 Å². The lowest BCUT2D eigenvalue weighted by Crippen LogP contribution is -2.49. The second-order valence-corrected chi connectivity index (χ2v) is 5.50. The summed E-state index contributed by atoms with van der Waals surface area (Å²) in [5.74, 6) is 0.609. The number of anilines is 1. The number of halogens is 2. The quantitative estimate of drug-likeness (QED) is 0.864. The lowest BCUT2D eigenvalue weighted by atomic mass is 10.3. The number of aromatic amines is 1. The van der Waals surface area contributed by atoms with Crippen molar-refractivity contribution >= 4 is 35.7 Å². The molecular weight excluding hydrogens is 355 g/mol. The third-order valence-corrected chi connectivity index (χ3v) is 3.75. The van der Waals surface area contributed by atoms with Gasteiger partial charge in [-0.25, -0.2) is 4.79 Å². The summed E-state index contributed by atoms with van der Waals surface area (Å²) >= 11 is 6.05. The molecule has 2 N–H and O–H groups in total. The Bertz CT molecular complexity index is 654. The highest BCUT2D eigenvalue weighted by Crippen LogP contribution is 2.23. The number of ether oxygens (including phenoxy) is 2. The first kappa shape index (κ1) is 18.4. The molecule has 2 heterocycles. The van der Waals surface area contributed by atoms with Crippen LogP contribution in [0.3, 0.4) is 0 Å². The van der Waals surface area contributed by atoms with Gasteiger partial charge >= 0.3 is 6.03 Å². The van der Waals surface area contributed by atoms with Gasteiger partial charge < -0.3 is 19.7 Å². The van der Waals surface area contributed by atoms with Crippen LogP contribution in [0.5, 0.6) is 5.75 Å². The number of hydrogen-bond donors (Lipinski definition) is 2. The third kappa shape index (κ3) is 4.77. The first-order valence-electron chi connectivity index (χ1n) is 7.26. The minimum absolute atomic E-state index is 0. The van der Waals surface area contributed by atoms with Gasteiger partial charge in [0.2, 0.25) is 0 Å². The summed E-state index contributed by atoms with van der Waals surface area (Å²) < 4.78 is 11.3. The Kier molecular flexibility index (Phi) is 6.72. The second-order valence-electron chi connectivity index (χ2n) is 5.10. The van der Waals surface area contributed by atoms with Crippen molar-refractivity contribution in [2.45, 2.75) is 6.10 Å². The molecule has 2 aromatic rings. The van der Waals surface area contributed by atoms with E-state index < -0.39 is 0 Å². The number of amides is 2. The van der Waals surface area contributed by atoms with E-state index in [1.807, 2.05) is 12.1 Å². The zero-order chi connectivity index (χ0) is 16.1. The molecule has 0 radical (unpaired) electrons. The summed E-state index contributed by atoms with van der Waals surface area (Å²) in [6, 6.07) is 7.08. The molecule has 1 aromatic heterocycles. The van der Waals surface area contributed by atoms with E-state index in [9.17, 15) is 4.79 Å². The molecule has 0 spiro atoms. The van der Waals surface area contributed by atoms with Gasteiger partial charge in [0.15, 0.2) is 0 Å². The summed E-state index contributed by atoms with van der Waals surface area (Å²) in [5.41, 5.74) is 0.630. The zero-order valence-corrected chi connectivity index (χ0v) is 14.3. The monoisotopic (exact) mass is 372 g/mol. The number of benzene rings is 1. The standard InChI is InChI=1S/C15H17ClN4O3.ClH/c16-13-3-1-2-4-14(13)23-10-12-9-20(5-6-22-12)15(21)19-11-7-17-18-8-11;/h1-4,7-8,12H,5-6,9-10H2,(H,17,18)(H,19,21);1H. The fraction of sp³-hybridized carbons (Fsp3) is 0.333. The van der Waals surface area contributed by atoms with Crippen molar-refractivity contribution in [1.29, 1.82) is 0 Å². The number of rotatable bonds is 4. The van der Waals surface area contributed by atoms with Crippen molar-refractivity contribution in [2.24, 2.45) is 0 Å². The number of para-hydroxylation sites is 1. The molecule has 1 atom stereocenters. The molecule has 0 aliphatic carbocycles. The van der Waals surface area contributed by atoms with Crippen LogP contribution in [0, 0.1) is 0 Å². The average molecular weight is 373 g/mol. The normalized spacial score (nSPS) is 17.0. The number of urea groups is 1. The Balaban J connectivity index is 0.00000208. The number of carbonyl (C=O) groups excluding carboxylic acids is 1. The number of hydrogen-bond acceptors (Lipinski definition) is 4. The number of carbonyl (C=O) groups is 1. The minimum Gasteiger partial charge on any atom is -0.489 e. The van der Waals surface area contributed by atoms with Crippen LogP contribution in [0.4, 0.5) is 10.5 Å². The summed E-state index contributed by atoms with van der Waals surface area (Å²) in [6.07, 6.45) is 2.97. The van der Waals surface area contributed by atoms with E-state index in [-0.39, 0.29) is 24.5 Å². The molecule has 0 saturated carbocycles. The van der Waals surface area contributed by atoms with Gasteiger partial charge in [-0.15, -0.1) is 12.4 Å². The van der Waals surface area contributed by atoms with Crippen molar-refractivity contribution < 1.29 is 14.3 Å². The van der Waals surface area contributed by atoms with Crippen LogP contribution in [0.1, 0.15) is 0 Å². The second kappa shape index (κ2) is 8.77. The first-order chi connectivity index (χ1) is 11.2. The van der Waals surface area contributed by atoms with Crippen LogP contribution in [-0.4, -0.2) is 53.5 Å². The number of morpholine rings is 1. The Morgan fingerprint density at radius 2 is 2.33 bits per heavy atom. The lowest BCUT2D eigenvalue weighted by molar-refractivity contribution is -0.0336. The average Bonchev–Trinajstić information content (AvgIpc) is 3.07. The van der Waals surface area contributed by atoms with Crippen molar-refractivity contribution in [3.05, 3.63) is 41.7 Å². The van der Waals surface area contributed by atoms with Crippen molar-refractivity contribution in [3.8, 4) is 5.75 Å². The van der Waals surface area contributed by atoms with Gasteiger partial charge in [-0.1, -0.05) is 23.7 Å². The molecule has 1 aliphatic rings. The molecular formula is C15H18Cl2N4O3. The van der Waals surface area contributed by atoms with Gasteiger partial charge in [0.25, 0.3) is 0 Å². The Morgan fingerprint density at radius 1 is 1.50 bits per heavy atom. The van der Waals surface area contributed by atoms with E-state index >= 15 is 0 Å². The van der Waals surface area contributed by atoms with Crippen molar-refractivity contribution in [1.82, 2.24) is 15.1 Å². The van der Waals surface area contributed by atoms with Gasteiger partial charge in [0, 0.05) is 12.7 Å². The van der Waals surface area contributed by atoms with E-state index in [1.165, 1.54) is 0 Å². The first-order valence-corrected chi connectivity index (χ1v) is 7.64. The van der Waals surface area contributed by atoms with E-state index in [1.54, 1.807) is 29.4 Å². The van der Waals surface area contributed by atoms with Crippen molar-refractivity contribution in [3.63, 3.8) is 0 Å². The molecule has 1 aromatic carbocycles. The van der Waals surface area contributed by atoms with E-state index in [0.29, 0.717) is 42.8 Å². The molecule has 1 aliphatic heterocycles. The summed E-state index contributed by atoms with van der Waals surface area (Å²) in [5, 5.41) is 9.77. The summed E-state index contributed by atoms with van der Waals surface area (Å²) in [6.45, 7) is 1.79. The van der Waals surface area contributed by atoms with Crippen LogP contribution < -0.4 is 10.1 Å². The maximum atomic E-state index is 12.2. The maximum absolute atomic E-state index is 12.2. The predicted octanol–water partition coefficient (Wildman–Crippen LogP) is 2.80. The zero-order valence-electron chi connectivity index (χ0n) is 12.8. The highest BCUT2D eigenvalue weighted by molar-refractivity contribution is 6.32. The van der Waals surface area contributed by atoms with Crippen LogP contribution in [0.25, 0.3) is 0 Å². The van der Waals surface area contributed by atoms with Gasteiger partial charge in [-0.3, -0.25) is 5.10 Å². The molecule has 9 heteroatoms. The number of aromatic nitrogens is 2. The Hall–Kier alpha value is -1.96. The van der Waals surface area contributed by atoms with Crippen LogP contribution >= 0.6 is 24.0 Å². The fourth-order valence-corrected chi connectivity index (χ4v) is 2.46. The number of H-pyrrole nitrogens is 1. The molecule has 0 bridgehead atoms. The molecule has 1 saturated heterocycles. The predicted molar refractivity (Wildman–Crippen MR) is 93.1 cm³/mol. The summed E-state index contributed by atoms with van der Waals surface area (Å²) in [4.78, 5) is 13.9. The number of nitrogens with one attached hydrogen (secondary N) is 2. The molecule has 7 nitrogen and oxygen atoms in total. The smallest absolute Gasteiger partial charge is 0.322 e. The maximum Gasteiger partial charge on any atom is 0.322 e. The fourth-order valence-electron chi connectivity index (χ4n) is 2.27. The SMILES string of the molecule is Cl.O=C(Nc1cn[nH]c1)N1CCOC(COc2ccccc2Cl)C1. The number of nitrogens with zero attached hydrogens (tertiary/aromatic N) is 2. The molecule has 2 amide bonds. The van der Waals surface area contributed by atoms with E-state index in [2.05, 4.69) is 15.5 Å². The van der Waals surface area contributed by atoms with Gasteiger partial charge in [-0.05, 0) is 12.1 Å². The molecule has 24 heavy (non-hydrogen) atoms. The van der Waals surface area contributed by atoms with Crippen LogP contribution in [0.2, 0.25) is 5.02 Å². The minimum atomic E-state index is -0.199. The van der Waals surface area contributed by atoms with Gasteiger partial charge in [-0.2, -0.15) is 5.10 Å². The van der Waals surface area contributed by atoms with E-state index in [4.69, 9.17) is 21.1 Å². The van der Waals surface area contributed by atoms with E-state index in [0.717, 1.165) is 0 Å². The molecule has 1 unspecified atom stereocenters. The lowest BCUT2D eigenvalue weighted by Gasteiger charge is -2.32. The summed E-state index contributed by atoms with van der Waals surface area (Å²) in [7, 11) is 0.